The summed E-state index contributed by atoms with van der Waals surface area (Å²) >= 11 is 0. The first kappa shape index (κ1) is 15.6. The summed E-state index contributed by atoms with van der Waals surface area (Å²) in [5, 5.41) is 4.25. The van der Waals surface area contributed by atoms with Gasteiger partial charge >= 0.3 is 0 Å². The normalized spacial score (nSPS) is 11.8. The van der Waals surface area contributed by atoms with Gasteiger partial charge in [0.2, 0.25) is 0 Å². The number of aromatic nitrogens is 2. The maximum Gasteiger partial charge on any atom is 0.124 e. The van der Waals surface area contributed by atoms with Crippen LogP contribution < -0.4 is 5.32 Å². The van der Waals surface area contributed by atoms with Crippen molar-refractivity contribution >= 4 is 10.9 Å². The van der Waals surface area contributed by atoms with Gasteiger partial charge in [0.25, 0.3) is 0 Å². The Labute approximate surface area is 135 Å². The Kier molecular flexibility index (Phi) is 4.35. The average Bonchev–Trinajstić information content (AvgIpc) is 2.55. The van der Waals surface area contributed by atoms with Crippen molar-refractivity contribution in [2.75, 3.05) is 6.54 Å². The van der Waals surface area contributed by atoms with Crippen molar-refractivity contribution in [3.63, 3.8) is 0 Å². The SMILES string of the molecule is CC(C)(CNCc1cc(F)cc2cccnc12)c1cccnc1. The molecule has 1 N–H and O–H groups in total. The second kappa shape index (κ2) is 6.42. The summed E-state index contributed by atoms with van der Waals surface area (Å²) in [6.45, 7) is 5.68. The van der Waals surface area contributed by atoms with Gasteiger partial charge in [0, 0.05) is 42.5 Å². The minimum atomic E-state index is -0.228. The van der Waals surface area contributed by atoms with Crippen LogP contribution in [-0.2, 0) is 12.0 Å². The van der Waals surface area contributed by atoms with Gasteiger partial charge in [-0.1, -0.05) is 26.0 Å². The molecule has 2 heterocycles. The van der Waals surface area contributed by atoms with Gasteiger partial charge in [-0.2, -0.15) is 0 Å². The number of rotatable bonds is 5. The van der Waals surface area contributed by atoms with Crippen molar-refractivity contribution in [3.8, 4) is 0 Å². The fourth-order valence-corrected chi connectivity index (χ4v) is 2.74. The lowest BCUT2D eigenvalue weighted by Crippen LogP contribution is -2.32. The van der Waals surface area contributed by atoms with E-state index in [4.69, 9.17) is 0 Å². The first-order valence-electron chi connectivity index (χ1n) is 7.71. The number of halogens is 1. The molecule has 0 bridgehead atoms. The van der Waals surface area contributed by atoms with Gasteiger partial charge in [-0.3, -0.25) is 9.97 Å². The molecule has 3 rings (SSSR count). The van der Waals surface area contributed by atoms with Gasteiger partial charge < -0.3 is 5.32 Å². The van der Waals surface area contributed by atoms with Crippen LogP contribution in [-0.4, -0.2) is 16.5 Å². The maximum absolute atomic E-state index is 13.8. The van der Waals surface area contributed by atoms with Crippen LogP contribution in [0.2, 0.25) is 0 Å². The van der Waals surface area contributed by atoms with Gasteiger partial charge in [-0.05, 0) is 35.4 Å². The van der Waals surface area contributed by atoms with E-state index in [1.807, 2.05) is 24.4 Å². The largest absolute Gasteiger partial charge is 0.312 e. The monoisotopic (exact) mass is 309 g/mol. The van der Waals surface area contributed by atoms with Crippen LogP contribution in [0.4, 0.5) is 4.39 Å². The molecule has 0 aliphatic rings. The molecule has 23 heavy (non-hydrogen) atoms. The number of benzene rings is 1. The highest BCUT2D eigenvalue weighted by Gasteiger charge is 2.20. The summed E-state index contributed by atoms with van der Waals surface area (Å²) < 4.78 is 13.8. The fourth-order valence-electron chi connectivity index (χ4n) is 2.74. The van der Waals surface area contributed by atoms with Crippen molar-refractivity contribution in [2.45, 2.75) is 25.8 Å². The smallest absolute Gasteiger partial charge is 0.124 e. The van der Waals surface area contributed by atoms with Crippen LogP contribution in [0.3, 0.4) is 0 Å². The number of hydrogen-bond acceptors (Lipinski definition) is 3. The zero-order valence-electron chi connectivity index (χ0n) is 13.4. The minimum absolute atomic E-state index is 0.0508. The van der Waals surface area contributed by atoms with Gasteiger partial charge in [0.05, 0.1) is 5.52 Å². The second-order valence-corrected chi connectivity index (χ2v) is 6.37. The zero-order chi connectivity index (χ0) is 16.3. The van der Waals surface area contributed by atoms with Crippen LogP contribution in [0.15, 0.2) is 55.0 Å². The van der Waals surface area contributed by atoms with Crippen molar-refractivity contribution in [1.29, 1.82) is 0 Å². The molecular weight excluding hydrogens is 289 g/mol. The molecule has 0 saturated heterocycles. The van der Waals surface area contributed by atoms with Crippen LogP contribution >= 0.6 is 0 Å². The third-order valence-corrected chi connectivity index (χ3v) is 4.07. The Bertz CT molecular complexity index is 800. The number of pyridine rings is 2. The van der Waals surface area contributed by atoms with E-state index in [1.165, 1.54) is 11.6 Å². The molecule has 0 radical (unpaired) electrons. The molecule has 0 saturated carbocycles. The number of hydrogen-bond donors (Lipinski definition) is 1. The van der Waals surface area contributed by atoms with E-state index in [2.05, 4.69) is 35.2 Å². The summed E-state index contributed by atoms with van der Waals surface area (Å²) in [7, 11) is 0. The fraction of sp³-hybridized carbons (Fsp3) is 0.263. The summed E-state index contributed by atoms with van der Waals surface area (Å²) in [5.74, 6) is -0.228. The standard InChI is InChI=1S/C19H20FN3/c1-19(2,16-6-4-7-21-12-16)13-22-11-15-10-17(20)9-14-5-3-8-23-18(14)15/h3-10,12,22H,11,13H2,1-2H3. The number of fused-ring (bicyclic) bond motifs is 1. The molecule has 0 aliphatic heterocycles. The highest BCUT2D eigenvalue weighted by Crippen LogP contribution is 2.22. The topological polar surface area (TPSA) is 37.8 Å². The predicted molar refractivity (Wildman–Crippen MR) is 90.7 cm³/mol. The van der Waals surface area contributed by atoms with E-state index >= 15 is 0 Å². The minimum Gasteiger partial charge on any atom is -0.312 e. The van der Waals surface area contributed by atoms with E-state index < -0.39 is 0 Å². The van der Waals surface area contributed by atoms with E-state index in [0.29, 0.717) is 6.54 Å². The maximum atomic E-state index is 13.8. The highest BCUT2D eigenvalue weighted by molar-refractivity contribution is 5.81. The lowest BCUT2D eigenvalue weighted by atomic mass is 9.85. The summed E-state index contributed by atoms with van der Waals surface area (Å²) in [6.07, 6.45) is 5.40. The lowest BCUT2D eigenvalue weighted by Gasteiger charge is -2.25. The van der Waals surface area contributed by atoms with Crippen LogP contribution in [0.1, 0.15) is 25.0 Å². The first-order chi connectivity index (χ1) is 11.1. The second-order valence-electron chi connectivity index (χ2n) is 6.37. The highest BCUT2D eigenvalue weighted by atomic mass is 19.1. The molecule has 3 nitrogen and oxygen atoms in total. The van der Waals surface area contributed by atoms with Crippen molar-refractivity contribution in [3.05, 3.63) is 71.9 Å². The third-order valence-electron chi connectivity index (χ3n) is 4.07. The van der Waals surface area contributed by atoms with Crippen LogP contribution in [0, 0.1) is 5.82 Å². The molecule has 0 atom stereocenters. The molecule has 0 spiro atoms. The van der Waals surface area contributed by atoms with E-state index in [0.717, 1.165) is 23.0 Å². The lowest BCUT2D eigenvalue weighted by molar-refractivity contribution is 0.467. The van der Waals surface area contributed by atoms with Crippen molar-refractivity contribution in [1.82, 2.24) is 15.3 Å². The molecule has 0 fully saturated rings. The molecule has 0 aliphatic carbocycles. The summed E-state index contributed by atoms with van der Waals surface area (Å²) in [5.41, 5.74) is 2.85. The molecule has 2 aromatic heterocycles. The first-order valence-corrected chi connectivity index (χ1v) is 7.71. The molecule has 118 valence electrons. The quantitative estimate of drug-likeness (QED) is 0.778. The van der Waals surface area contributed by atoms with Crippen LogP contribution in [0.25, 0.3) is 10.9 Å². The molecule has 1 aromatic carbocycles. The Morgan fingerprint density at radius 3 is 2.74 bits per heavy atom. The van der Waals surface area contributed by atoms with Crippen molar-refractivity contribution < 1.29 is 4.39 Å². The van der Waals surface area contributed by atoms with Crippen molar-refractivity contribution in [2.24, 2.45) is 0 Å². The summed E-state index contributed by atoms with van der Waals surface area (Å²) in [6, 6.07) is 10.8. The number of nitrogens with zero attached hydrogens (tertiary/aromatic N) is 2. The predicted octanol–water partition coefficient (Wildman–Crippen LogP) is 3.84. The molecule has 3 aromatic rings. The van der Waals surface area contributed by atoms with E-state index in [-0.39, 0.29) is 11.2 Å². The average molecular weight is 309 g/mol. The van der Waals surface area contributed by atoms with Gasteiger partial charge in [0.15, 0.2) is 0 Å². The Hall–Kier alpha value is -2.33. The Balaban J connectivity index is 1.74. The van der Waals surface area contributed by atoms with E-state index in [9.17, 15) is 4.39 Å². The molecular formula is C19H20FN3. The molecule has 0 unspecified atom stereocenters. The van der Waals surface area contributed by atoms with E-state index in [1.54, 1.807) is 18.5 Å². The van der Waals surface area contributed by atoms with Gasteiger partial charge in [-0.15, -0.1) is 0 Å². The van der Waals surface area contributed by atoms with Crippen LogP contribution in [0.5, 0.6) is 0 Å². The molecule has 4 heteroatoms. The summed E-state index contributed by atoms with van der Waals surface area (Å²) in [4.78, 5) is 8.56. The number of nitrogens with one attached hydrogen (secondary N) is 1. The van der Waals surface area contributed by atoms with Gasteiger partial charge in [0.1, 0.15) is 5.82 Å². The Morgan fingerprint density at radius 2 is 1.96 bits per heavy atom. The Morgan fingerprint density at radius 1 is 1.13 bits per heavy atom. The van der Waals surface area contributed by atoms with Gasteiger partial charge in [-0.25, -0.2) is 4.39 Å². The zero-order valence-corrected chi connectivity index (χ0v) is 13.4. The molecule has 0 amide bonds. The third kappa shape index (κ3) is 3.54.